The number of ketones is 1. The van der Waals surface area contributed by atoms with Crippen molar-refractivity contribution in [3.63, 3.8) is 0 Å². The van der Waals surface area contributed by atoms with E-state index < -0.39 is 23.0 Å². The summed E-state index contributed by atoms with van der Waals surface area (Å²) < 4.78 is 26.7. The van der Waals surface area contributed by atoms with E-state index in [0.29, 0.717) is 5.56 Å². The topological polar surface area (TPSA) is 17.1 Å². The number of rotatable bonds is 2. The molecule has 4 heteroatoms. The molecule has 0 atom stereocenters. The Morgan fingerprint density at radius 2 is 1.81 bits per heavy atom. The molecule has 2 aromatic rings. The summed E-state index contributed by atoms with van der Waals surface area (Å²) in [6.07, 6.45) is 0. The number of halogens is 2. The predicted molar refractivity (Wildman–Crippen MR) is 58.8 cm³/mol. The van der Waals surface area contributed by atoms with Crippen molar-refractivity contribution in [3.8, 4) is 0 Å². The van der Waals surface area contributed by atoms with Gasteiger partial charge in [-0.3, -0.25) is 4.79 Å². The number of hydrogen-bond acceptors (Lipinski definition) is 2. The molecule has 0 aliphatic carbocycles. The summed E-state index contributed by atoms with van der Waals surface area (Å²) in [7, 11) is 0. The molecule has 1 aromatic heterocycles. The van der Waals surface area contributed by atoms with Crippen LogP contribution in [0.4, 0.5) is 8.78 Å². The molecule has 0 saturated carbocycles. The second kappa shape index (κ2) is 4.14. The van der Waals surface area contributed by atoms with Gasteiger partial charge < -0.3 is 0 Å². The highest BCUT2D eigenvalue weighted by Gasteiger charge is 2.20. The van der Waals surface area contributed by atoms with Gasteiger partial charge in [0.15, 0.2) is 5.78 Å². The van der Waals surface area contributed by atoms with Crippen LogP contribution in [0.5, 0.6) is 0 Å². The molecule has 1 aromatic carbocycles. The number of aryl methyl sites for hydroxylation is 1. The van der Waals surface area contributed by atoms with Gasteiger partial charge >= 0.3 is 0 Å². The van der Waals surface area contributed by atoms with E-state index in [1.807, 2.05) is 0 Å². The third-order valence-corrected chi connectivity index (χ3v) is 3.14. The van der Waals surface area contributed by atoms with E-state index in [2.05, 4.69) is 0 Å². The molecular formula is C12H8F2OS. The monoisotopic (exact) mass is 238 g/mol. The highest BCUT2D eigenvalue weighted by atomic mass is 32.1. The van der Waals surface area contributed by atoms with Crippen molar-refractivity contribution in [1.82, 2.24) is 0 Å². The Morgan fingerprint density at radius 1 is 1.19 bits per heavy atom. The lowest BCUT2D eigenvalue weighted by Gasteiger charge is -2.03. The molecular weight excluding hydrogens is 230 g/mol. The molecule has 0 fully saturated rings. The number of carbonyl (C=O) groups is 1. The van der Waals surface area contributed by atoms with Crippen LogP contribution in [0, 0.1) is 18.6 Å². The van der Waals surface area contributed by atoms with Gasteiger partial charge in [-0.1, -0.05) is 6.07 Å². The Bertz CT molecular complexity index is 525. The molecule has 0 unspecified atom stereocenters. The predicted octanol–water partition coefficient (Wildman–Crippen LogP) is 3.57. The molecule has 1 nitrogen and oxygen atoms in total. The minimum absolute atomic E-state index is 0.356. The highest BCUT2D eigenvalue weighted by Crippen LogP contribution is 2.22. The fourth-order valence-electron chi connectivity index (χ4n) is 1.47. The maximum absolute atomic E-state index is 13.4. The third-order valence-electron chi connectivity index (χ3n) is 2.29. The Hall–Kier alpha value is -1.55. The number of benzene rings is 1. The summed E-state index contributed by atoms with van der Waals surface area (Å²) >= 11 is 1.37. The molecule has 0 amide bonds. The first-order chi connectivity index (χ1) is 7.61. The zero-order valence-electron chi connectivity index (χ0n) is 8.46. The number of hydrogen-bond donors (Lipinski definition) is 0. The first-order valence-corrected chi connectivity index (χ1v) is 5.52. The summed E-state index contributed by atoms with van der Waals surface area (Å²) in [5, 5.41) is 1.72. The van der Waals surface area contributed by atoms with Crippen molar-refractivity contribution in [2.45, 2.75) is 6.92 Å². The van der Waals surface area contributed by atoms with Crippen LogP contribution in [0.25, 0.3) is 0 Å². The number of carbonyl (C=O) groups excluding carboxylic acids is 1. The lowest BCUT2D eigenvalue weighted by atomic mass is 10.0. The standard InChI is InChI=1S/C12H8F2OS/c1-7-8(5-6-16-7)12(15)11-9(13)3-2-4-10(11)14/h2-6H,1H3. The van der Waals surface area contributed by atoms with Crippen LogP contribution in [0.2, 0.25) is 0 Å². The lowest BCUT2D eigenvalue weighted by molar-refractivity contribution is 0.103. The van der Waals surface area contributed by atoms with Crippen molar-refractivity contribution in [2.24, 2.45) is 0 Å². The van der Waals surface area contributed by atoms with Crippen LogP contribution in [0.1, 0.15) is 20.8 Å². The zero-order valence-corrected chi connectivity index (χ0v) is 9.28. The summed E-state index contributed by atoms with van der Waals surface area (Å²) in [6, 6.07) is 4.98. The van der Waals surface area contributed by atoms with Gasteiger partial charge in [0.2, 0.25) is 0 Å². The zero-order chi connectivity index (χ0) is 11.7. The summed E-state index contributed by atoms with van der Waals surface area (Å²) in [4.78, 5) is 12.7. The van der Waals surface area contributed by atoms with Crippen molar-refractivity contribution in [1.29, 1.82) is 0 Å². The molecule has 16 heavy (non-hydrogen) atoms. The molecule has 82 valence electrons. The van der Waals surface area contributed by atoms with Gasteiger partial charge in [0.05, 0.1) is 5.56 Å². The molecule has 2 rings (SSSR count). The van der Waals surface area contributed by atoms with Crippen LogP contribution in [-0.2, 0) is 0 Å². The van der Waals surface area contributed by atoms with E-state index in [-0.39, 0.29) is 0 Å². The molecule has 0 radical (unpaired) electrons. The Balaban J connectivity index is 2.54. The number of thiophene rings is 1. The fraction of sp³-hybridized carbons (Fsp3) is 0.0833. The molecule has 1 heterocycles. The smallest absolute Gasteiger partial charge is 0.200 e. The van der Waals surface area contributed by atoms with Crippen LogP contribution in [0.3, 0.4) is 0 Å². The summed E-state index contributed by atoms with van der Waals surface area (Å²) in [6.45, 7) is 1.75. The van der Waals surface area contributed by atoms with Gasteiger partial charge in [0, 0.05) is 10.4 Å². The fourth-order valence-corrected chi connectivity index (χ4v) is 2.17. The van der Waals surface area contributed by atoms with E-state index in [1.165, 1.54) is 17.4 Å². The molecule has 0 N–H and O–H groups in total. The van der Waals surface area contributed by atoms with E-state index >= 15 is 0 Å². The maximum atomic E-state index is 13.4. The quantitative estimate of drug-likeness (QED) is 0.731. The highest BCUT2D eigenvalue weighted by molar-refractivity contribution is 7.10. The SMILES string of the molecule is Cc1sccc1C(=O)c1c(F)cccc1F. The Kier molecular flexibility index (Phi) is 2.83. The summed E-state index contributed by atoms with van der Waals surface area (Å²) in [5.41, 5.74) is -0.127. The first-order valence-electron chi connectivity index (χ1n) is 4.64. The van der Waals surface area contributed by atoms with Gasteiger partial charge in [-0.2, -0.15) is 0 Å². The van der Waals surface area contributed by atoms with Gasteiger partial charge in [-0.05, 0) is 30.5 Å². The summed E-state index contributed by atoms with van der Waals surface area (Å²) in [5.74, 6) is -2.25. The molecule has 0 aliphatic heterocycles. The van der Waals surface area contributed by atoms with Crippen molar-refractivity contribution >= 4 is 17.1 Å². The lowest BCUT2D eigenvalue weighted by Crippen LogP contribution is -2.07. The largest absolute Gasteiger partial charge is 0.288 e. The molecule has 0 bridgehead atoms. The van der Waals surface area contributed by atoms with E-state index in [9.17, 15) is 13.6 Å². The Labute approximate surface area is 95.4 Å². The van der Waals surface area contributed by atoms with Gasteiger partial charge in [-0.25, -0.2) is 8.78 Å². The molecule has 0 saturated heterocycles. The molecule has 0 spiro atoms. The third kappa shape index (κ3) is 1.76. The van der Waals surface area contributed by atoms with E-state index in [1.54, 1.807) is 18.4 Å². The van der Waals surface area contributed by atoms with Crippen LogP contribution >= 0.6 is 11.3 Å². The van der Waals surface area contributed by atoms with Crippen molar-refractivity contribution < 1.29 is 13.6 Å². The average Bonchev–Trinajstić information content (AvgIpc) is 2.64. The second-order valence-corrected chi connectivity index (χ2v) is 4.44. The van der Waals surface area contributed by atoms with Gasteiger partial charge in [0.25, 0.3) is 0 Å². The maximum Gasteiger partial charge on any atom is 0.200 e. The molecule has 0 aliphatic rings. The minimum atomic E-state index is -0.824. The van der Waals surface area contributed by atoms with Crippen molar-refractivity contribution in [2.75, 3.05) is 0 Å². The first kappa shape index (κ1) is 11.0. The van der Waals surface area contributed by atoms with Crippen LogP contribution < -0.4 is 0 Å². The normalized spacial score (nSPS) is 10.4. The Morgan fingerprint density at radius 3 is 2.31 bits per heavy atom. The second-order valence-electron chi connectivity index (χ2n) is 3.32. The van der Waals surface area contributed by atoms with Crippen LogP contribution in [-0.4, -0.2) is 5.78 Å². The van der Waals surface area contributed by atoms with E-state index in [0.717, 1.165) is 17.0 Å². The van der Waals surface area contributed by atoms with E-state index in [4.69, 9.17) is 0 Å². The minimum Gasteiger partial charge on any atom is -0.288 e. The van der Waals surface area contributed by atoms with Gasteiger partial charge in [0.1, 0.15) is 11.6 Å². The van der Waals surface area contributed by atoms with Crippen molar-refractivity contribution in [3.05, 3.63) is 57.3 Å². The van der Waals surface area contributed by atoms with Crippen LogP contribution in [0.15, 0.2) is 29.6 Å². The van der Waals surface area contributed by atoms with Gasteiger partial charge in [-0.15, -0.1) is 11.3 Å². The average molecular weight is 238 g/mol.